The molecular weight excluding hydrogens is 643 g/mol. The molecule has 0 unspecified atom stereocenters. The largest absolute Gasteiger partial charge is 0.513 e. The Kier molecular flexibility index (Phi) is 12.4. The first-order chi connectivity index (χ1) is 22.0. The number of β-amino-alcohol motifs (C(OH)–C–C–N with tert-alkyl or cyclic N) is 1. The molecule has 0 fully saturated rings. The summed E-state index contributed by atoms with van der Waals surface area (Å²) in [6.45, 7) is 7.14. The van der Waals surface area contributed by atoms with Crippen molar-refractivity contribution >= 4 is 38.7 Å². The van der Waals surface area contributed by atoms with Crippen LogP contribution in [0.25, 0.3) is 10.9 Å². The number of nitrogens with one attached hydrogen (secondary N) is 2. The molecule has 4 N–H and O–H groups in total. The zero-order valence-corrected chi connectivity index (χ0v) is 26.6. The predicted octanol–water partition coefficient (Wildman–Crippen LogP) is 6.10. The summed E-state index contributed by atoms with van der Waals surface area (Å²) in [6, 6.07) is 22.4. The fourth-order valence-corrected chi connectivity index (χ4v) is 5.35. The quantitative estimate of drug-likeness (QED) is 0.103. The number of ether oxygens (including phenoxy) is 2. The Bertz CT molecular complexity index is 1760. The lowest BCUT2D eigenvalue weighted by atomic mass is 9.99. The first-order valence-corrected chi connectivity index (χ1v) is 15.8. The molecule has 0 aliphatic heterocycles. The first kappa shape index (κ1) is 36.9. The van der Waals surface area contributed by atoms with E-state index in [9.17, 15) is 31.5 Å². The highest BCUT2D eigenvalue weighted by atomic mass is 32.2. The number of alkyl halides is 3. The molecule has 0 amide bonds. The van der Waals surface area contributed by atoms with E-state index in [1.54, 1.807) is 61.5 Å². The number of aromatic nitrogens is 1. The van der Waals surface area contributed by atoms with Gasteiger partial charge >= 0.3 is 18.3 Å². The first-order valence-electron chi connectivity index (χ1n) is 14.4. The van der Waals surface area contributed by atoms with Crippen LogP contribution in [0.15, 0.2) is 90.0 Å². The Labute approximate surface area is 270 Å². The summed E-state index contributed by atoms with van der Waals surface area (Å²) >= 11 is 0. The summed E-state index contributed by atoms with van der Waals surface area (Å²) in [5.74, 6) is -2.33. The Hall–Kier alpha value is -4.60. The number of aliphatic hydroxyl groups excluding tert-OH is 1. The molecule has 1 heterocycles. The van der Waals surface area contributed by atoms with Crippen molar-refractivity contribution in [2.45, 2.75) is 56.5 Å². The molecule has 11 nitrogen and oxygen atoms in total. The van der Waals surface area contributed by atoms with Crippen molar-refractivity contribution in [3.8, 4) is 5.75 Å². The van der Waals surface area contributed by atoms with Gasteiger partial charge in [-0.05, 0) is 81.3 Å². The summed E-state index contributed by atoms with van der Waals surface area (Å²) in [6.07, 6.45) is -3.87. The van der Waals surface area contributed by atoms with Gasteiger partial charge in [0.25, 0.3) is 10.0 Å². The van der Waals surface area contributed by atoms with Gasteiger partial charge in [0.15, 0.2) is 0 Å². The molecule has 15 heteroatoms. The Balaban J connectivity index is 0.000000771. The van der Waals surface area contributed by atoms with Gasteiger partial charge in [-0.25, -0.2) is 18.0 Å². The molecule has 0 bridgehead atoms. The van der Waals surface area contributed by atoms with E-state index in [0.717, 1.165) is 23.9 Å². The molecule has 4 rings (SSSR count). The number of anilines is 1. The predicted molar refractivity (Wildman–Crippen MR) is 169 cm³/mol. The van der Waals surface area contributed by atoms with Crippen molar-refractivity contribution in [2.75, 3.05) is 17.9 Å². The number of rotatable bonds is 12. The standard InChI is InChI=1S/C30H35N3O6S.C2HF3O2/c1-4-38-29(35)39-25-13-14-27-22(20-25)15-17-33(27)18-16-30(2,3)31-21-28(34)23-9-8-10-24(19-23)32-40(36,37)26-11-6-5-7-12-26;3-2(4,5)1(6)7/h5-15,17,19-20,28,31-32,34H,4,16,18,21H2,1-3H3;(H,6,7)/t28-;/m0./s1. The topological polar surface area (TPSA) is 156 Å². The van der Waals surface area contributed by atoms with Crippen molar-refractivity contribution in [1.82, 2.24) is 9.88 Å². The van der Waals surface area contributed by atoms with E-state index >= 15 is 0 Å². The molecule has 1 atom stereocenters. The number of sulfonamides is 1. The van der Waals surface area contributed by atoms with Crippen molar-refractivity contribution in [2.24, 2.45) is 0 Å². The van der Waals surface area contributed by atoms with Crippen molar-refractivity contribution in [3.05, 3.63) is 90.6 Å². The summed E-state index contributed by atoms with van der Waals surface area (Å²) in [7, 11) is -3.72. The summed E-state index contributed by atoms with van der Waals surface area (Å²) in [5.41, 5.74) is 1.71. The van der Waals surface area contributed by atoms with Gasteiger partial charge in [0.05, 0.1) is 17.6 Å². The number of nitrogens with zero attached hydrogens (tertiary/aromatic N) is 1. The van der Waals surface area contributed by atoms with E-state index < -0.39 is 34.4 Å². The number of carbonyl (C=O) groups is 2. The molecular formula is C32H36F3N3O8S. The second-order valence-electron chi connectivity index (χ2n) is 10.9. The zero-order chi connectivity index (χ0) is 34.8. The van der Waals surface area contributed by atoms with Crippen LogP contribution in [0.2, 0.25) is 0 Å². The smallest absolute Gasteiger partial charge is 0.475 e. The molecule has 0 saturated carbocycles. The second-order valence-corrected chi connectivity index (χ2v) is 12.6. The van der Waals surface area contributed by atoms with Gasteiger partial charge in [0, 0.05) is 41.4 Å². The minimum atomic E-state index is -5.08. The van der Waals surface area contributed by atoms with Gasteiger partial charge in [-0.1, -0.05) is 30.3 Å². The number of benzene rings is 3. The minimum Gasteiger partial charge on any atom is -0.475 e. The lowest BCUT2D eigenvalue weighted by molar-refractivity contribution is -0.192. The summed E-state index contributed by atoms with van der Waals surface area (Å²) < 4.78 is 71.8. The number of carboxylic acid groups (broad SMARTS) is 1. The highest BCUT2D eigenvalue weighted by Gasteiger charge is 2.38. The number of aliphatic hydroxyl groups is 1. The van der Waals surface area contributed by atoms with Crippen LogP contribution in [0.5, 0.6) is 5.75 Å². The average Bonchev–Trinajstić information content (AvgIpc) is 3.41. The maximum atomic E-state index is 12.7. The number of hydrogen-bond acceptors (Lipinski definition) is 8. The third kappa shape index (κ3) is 11.3. The minimum absolute atomic E-state index is 0.172. The maximum Gasteiger partial charge on any atom is 0.513 e. The third-order valence-electron chi connectivity index (χ3n) is 6.78. The molecule has 0 spiro atoms. The Morgan fingerprint density at radius 1 is 0.979 bits per heavy atom. The fraction of sp³-hybridized carbons (Fsp3) is 0.312. The van der Waals surface area contributed by atoms with Crippen LogP contribution >= 0.6 is 0 Å². The third-order valence-corrected chi connectivity index (χ3v) is 8.17. The molecule has 1 aromatic heterocycles. The maximum absolute atomic E-state index is 12.7. The van der Waals surface area contributed by atoms with E-state index in [-0.39, 0.29) is 17.0 Å². The van der Waals surface area contributed by atoms with Crippen molar-refractivity contribution in [3.63, 3.8) is 0 Å². The number of hydrogen-bond donors (Lipinski definition) is 4. The van der Waals surface area contributed by atoms with Crippen molar-refractivity contribution < 1.29 is 50.9 Å². The van der Waals surface area contributed by atoms with Crippen LogP contribution in [0.4, 0.5) is 23.7 Å². The normalized spacial score (nSPS) is 12.5. The SMILES string of the molecule is CCOC(=O)Oc1ccc2c(ccn2CCC(C)(C)NC[C@H](O)c2cccc(NS(=O)(=O)c3ccccc3)c2)c1.O=C(O)C(F)(F)F. The Morgan fingerprint density at radius 3 is 2.30 bits per heavy atom. The van der Waals surface area contributed by atoms with Crippen LogP contribution in [-0.4, -0.2) is 60.2 Å². The average molecular weight is 680 g/mol. The van der Waals surface area contributed by atoms with E-state index in [4.69, 9.17) is 19.4 Å². The number of carbonyl (C=O) groups excluding carboxylic acids is 1. The van der Waals surface area contributed by atoms with Gasteiger partial charge in [-0.2, -0.15) is 13.2 Å². The monoisotopic (exact) mass is 679 g/mol. The molecule has 0 saturated heterocycles. The molecule has 254 valence electrons. The van der Waals surface area contributed by atoms with E-state index in [2.05, 4.69) is 28.5 Å². The molecule has 4 aromatic rings. The number of aryl methyl sites for hydroxylation is 1. The van der Waals surface area contributed by atoms with E-state index in [1.807, 2.05) is 18.3 Å². The van der Waals surface area contributed by atoms with Crippen LogP contribution in [0.1, 0.15) is 38.9 Å². The molecule has 0 aliphatic rings. The number of aliphatic carboxylic acids is 1. The van der Waals surface area contributed by atoms with E-state index in [0.29, 0.717) is 23.5 Å². The van der Waals surface area contributed by atoms with Gasteiger partial charge in [0.1, 0.15) is 5.75 Å². The highest BCUT2D eigenvalue weighted by molar-refractivity contribution is 7.92. The van der Waals surface area contributed by atoms with Gasteiger partial charge in [-0.15, -0.1) is 0 Å². The molecule has 47 heavy (non-hydrogen) atoms. The summed E-state index contributed by atoms with van der Waals surface area (Å²) in [4.78, 5) is 20.7. The van der Waals surface area contributed by atoms with Gasteiger partial charge in [0.2, 0.25) is 0 Å². The molecule has 0 aliphatic carbocycles. The van der Waals surface area contributed by atoms with Crippen LogP contribution in [-0.2, 0) is 26.1 Å². The number of carboxylic acids is 1. The molecule has 0 radical (unpaired) electrons. The van der Waals surface area contributed by atoms with Crippen molar-refractivity contribution in [1.29, 1.82) is 0 Å². The zero-order valence-electron chi connectivity index (χ0n) is 25.8. The van der Waals surface area contributed by atoms with Crippen LogP contribution < -0.4 is 14.8 Å². The summed E-state index contributed by atoms with van der Waals surface area (Å²) in [5, 5.41) is 22.4. The van der Waals surface area contributed by atoms with Gasteiger partial charge in [-0.3, -0.25) is 4.72 Å². The Morgan fingerprint density at radius 2 is 1.66 bits per heavy atom. The van der Waals surface area contributed by atoms with Gasteiger partial charge < -0.3 is 29.6 Å². The van der Waals surface area contributed by atoms with E-state index in [1.165, 1.54) is 12.1 Å². The second kappa shape index (κ2) is 15.8. The highest BCUT2D eigenvalue weighted by Crippen LogP contribution is 2.25. The lowest BCUT2D eigenvalue weighted by Gasteiger charge is -2.28. The van der Waals surface area contributed by atoms with Crippen LogP contribution in [0.3, 0.4) is 0 Å². The fourth-order valence-electron chi connectivity index (χ4n) is 4.28. The number of halogens is 3. The van der Waals surface area contributed by atoms with Crippen LogP contribution in [0, 0.1) is 0 Å². The number of fused-ring (bicyclic) bond motifs is 1. The molecule has 3 aromatic carbocycles. The lowest BCUT2D eigenvalue weighted by Crippen LogP contribution is -2.42.